The summed E-state index contributed by atoms with van der Waals surface area (Å²) in [6.07, 6.45) is 0. The third-order valence-electron chi connectivity index (χ3n) is 2.53. The zero-order valence-corrected chi connectivity index (χ0v) is 12.2. The Morgan fingerprint density at radius 2 is 2.14 bits per heavy atom. The molecule has 0 aliphatic carbocycles. The highest BCUT2D eigenvalue weighted by atomic mass is 32.2. The van der Waals surface area contributed by atoms with E-state index in [0.717, 1.165) is 17.0 Å². The molecule has 0 aliphatic heterocycles. The maximum Gasteiger partial charge on any atom is 0.365 e. The fourth-order valence-corrected chi connectivity index (χ4v) is 3.15. The Hall–Kier alpha value is -2.26. The Bertz CT molecular complexity index is 756. The molecule has 0 spiro atoms. The maximum atomic E-state index is 10.8. The number of carbonyl (C=O) groups is 1. The summed E-state index contributed by atoms with van der Waals surface area (Å²) in [6.45, 7) is 0. The molecule has 0 saturated carbocycles. The van der Waals surface area contributed by atoms with Crippen molar-refractivity contribution in [3.63, 3.8) is 0 Å². The van der Waals surface area contributed by atoms with Crippen LogP contribution in [0.15, 0.2) is 40.9 Å². The predicted molar refractivity (Wildman–Crippen MR) is 77.8 cm³/mol. The van der Waals surface area contributed by atoms with Crippen molar-refractivity contribution in [1.29, 1.82) is 0 Å². The first-order chi connectivity index (χ1) is 10.2. The molecule has 0 aliphatic rings. The van der Waals surface area contributed by atoms with Gasteiger partial charge in [-0.25, -0.2) is 9.78 Å². The molecular weight excluding hydrogens is 310 g/mol. The Labute approximate surface area is 127 Å². The highest BCUT2D eigenvalue weighted by molar-refractivity contribution is 7.98. The van der Waals surface area contributed by atoms with E-state index in [1.165, 1.54) is 11.8 Å². The molecule has 106 valence electrons. The number of thioether (sulfide) groups is 1. The van der Waals surface area contributed by atoms with Crippen LogP contribution in [0, 0.1) is 0 Å². The smallest absolute Gasteiger partial charge is 0.365 e. The van der Waals surface area contributed by atoms with E-state index in [1.807, 2.05) is 30.3 Å². The summed E-state index contributed by atoms with van der Waals surface area (Å²) in [5.74, 6) is -0.498. The van der Waals surface area contributed by atoms with Gasteiger partial charge < -0.3 is 5.11 Å². The second-order valence-electron chi connectivity index (χ2n) is 3.95. The van der Waals surface area contributed by atoms with Gasteiger partial charge in [0.1, 0.15) is 0 Å². The van der Waals surface area contributed by atoms with Crippen LogP contribution in [0.3, 0.4) is 0 Å². The molecular formula is C12H9N5O2S2. The van der Waals surface area contributed by atoms with Crippen molar-refractivity contribution in [3.05, 3.63) is 46.4 Å². The number of hydrogen-bond acceptors (Lipinski definition) is 7. The third-order valence-corrected chi connectivity index (χ3v) is 4.36. The molecule has 0 unspecified atom stereocenters. The van der Waals surface area contributed by atoms with Crippen LogP contribution in [-0.2, 0) is 5.75 Å². The average Bonchev–Trinajstić information content (AvgIpc) is 3.15. The standard InChI is InChI=1S/C12H9N5O2S2/c18-11(19)10-13-8(6-20-10)7-21-12-14-15-16-17(12)9-4-2-1-3-5-9/h1-6H,7H2,(H,18,19). The predicted octanol–water partition coefficient (Wildman–Crippen LogP) is 2.11. The number of aromatic carboxylic acids is 1. The molecule has 0 atom stereocenters. The van der Waals surface area contributed by atoms with Crippen molar-refractivity contribution < 1.29 is 9.90 Å². The molecule has 3 aromatic rings. The minimum absolute atomic E-state index is 0.0910. The number of tetrazole rings is 1. The zero-order chi connectivity index (χ0) is 14.7. The van der Waals surface area contributed by atoms with Crippen molar-refractivity contribution in [2.45, 2.75) is 10.9 Å². The average molecular weight is 319 g/mol. The Morgan fingerprint density at radius 1 is 1.33 bits per heavy atom. The summed E-state index contributed by atoms with van der Waals surface area (Å²) < 4.78 is 1.63. The molecule has 1 aromatic carbocycles. The molecule has 1 N–H and O–H groups in total. The van der Waals surface area contributed by atoms with Gasteiger partial charge in [-0.2, -0.15) is 4.68 Å². The first-order valence-electron chi connectivity index (χ1n) is 5.88. The number of thiazole rings is 1. The van der Waals surface area contributed by atoms with Gasteiger partial charge in [0.25, 0.3) is 0 Å². The van der Waals surface area contributed by atoms with Crippen molar-refractivity contribution in [1.82, 2.24) is 25.2 Å². The van der Waals surface area contributed by atoms with Gasteiger partial charge in [-0.05, 0) is 22.6 Å². The Morgan fingerprint density at radius 3 is 2.86 bits per heavy atom. The quantitative estimate of drug-likeness (QED) is 0.720. The van der Waals surface area contributed by atoms with E-state index in [2.05, 4.69) is 20.5 Å². The Balaban J connectivity index is 1.74. The van der Waals surface area contributed by atoms with Crippen LogP contribution in [0.25, 0.3) is 5.69 Å². The van der Waals surface area contributed by atoms with Crippen molar-refractivity contribution in [2.24, 2.45) is 0 Å². The molecule has 9 heteroatoms. The number of nitrogens with zero attached hydrogens (tertiary/aromatic N) is 5. The van der Waals surface area contributed by atoms with E-state index >= 15 is 0 Å². The van der Waals surface area contributed by atoms with E-state index in [0.29, 0.717) is 16.6 Å². The molecule has 0 radical (unpaired) electrons. The van der Waals surface area contributed by atoms with Gasteiger partial charge in [0, 0.05) is 11.1 Å². The number of hydrogen-bond donors (Lipinski definition) is 1. The number of rotatable bonds is 5. The molecule has 0 bridgehead atoms. The van der Waals surface area contributed by atoms with Crippen LogP contribution < -0.4 is 0 Å². The van der Waals surface area contributed by atoms with Gasteiger partial charge in [-0.3, -0.25) is 0 Å². The highest BCUT2D eigenvalue weighted by Crippen LogP contribution is 2.23. The fraction of sp³-hybridized carbons (Fsp3) is 0.0833. The van der Waals surface area contributed by atoms with Crippen LogP contribution in [0.2, 0.25) is 0 Å². The number of carboxylic acids is 1. The second-order valence-corrected chi connectivity index (χ2v) is 5.75. The minimum atomic E-state index is -1.01. The number of carboxylic acid groups (broad SMARTS) is 1. The van der Waals surface area contributed by atoms with Gasteiger partial charge in [0.2, 0.25) is 10.2 Å². The van der Waals surface area contributed by atoms with Gasteiger partial charge >= 0.3 is 5.97 Å². The number of aromatic nitrogens is 5. The summed E-state index contributed by atoms with van der Waals surface area (Å²) in [7, 11) is 0. The lowest BCUT2D eigenvalue weighted by atomic mass is 10.3. The molecule has 2 aromatic heterocycles. The van der Waals surface area contributed by atoms with Crippen LogP contribution in [-0.4, -0.2) is 36.3 Å². The highest BCUT2D eigenvalue weighted by Gasteiger charge is 2.12. The third kappa shape index (κ3) is 3.09. The SMILES string of the molecule is O=C(O)c1nc(CSc2nnnn2-c2ccccc2)cs1. The summed E-state index contributed by atoms with van der Waals surface area (Å²) in [4.78, 5) is 14.8. The molecule has 0 fully saturated rings. The van der Waals surface area contributed by atoms with E-state index < -0.39 is 5.97 Å². The van der Waals surface area contributed by atoms with Gasteiger partial charge in [0.15, 0.2) is 0 Å². The molecule has 7 nitrogen and oxygen atoms in total. The van der Waals surface area contributed by atoms with E-state index in [4.69, 9.17) is 5.11 Å². The summed E-state index contributed by atoms with van der Waals surface area (Å²) in [5.41, 5.74) is 1.57. The van der Waals surface area contributed by atoms with Crippen LogP contribution in [0.5, 0.6) is 0 Å². The normalized spacial score (nSPS) is 10.7. The monoisotopic (exact) mass is 319 g/mol. The van der Waals surface area contributed by atoms with E-state index in [1.54, 1.807) is 10.1 Å². The lowest BCUT2D eigenvalue weighted by molar-refractivity contribution is 0.0696. The van der Waals surface area contributed by atoms with E-state index in [9.17, 15) is 4.79 Å². The van der Waals surface area contributed by atoms with Crippen LogP contribution in [0.4, 0.5) is 0 Å². The number of para-hydroxylation sites is 1. The van der Waals surface area contributed by atoms with Gasteiger partial charge in [-0.1, -0.05) is 30.0 Å². The topological polar surface area (TPSA) is 93.8 Å². The first kappa shape index (κ1) is 13.7. The molecule has 0 amide bonds. The van der Waals surface area contributed by atoms with Crippen LogP contribution in [0.1, 0.15) is 15.5 Å². The van der Waals surface area contributed by atoms with Crippen molar-refractivity contribution >= 4 is 29.1 Å². The molecule has 21 heavy (non-hydrogen) atoms. The molecule has 3 rings (SSSR count). The van der Waals surface area contributed by atoms with E-state index in [-0.39, 0.29) is 5.01 Å². The van der Waals surface area contributed by atoms with Crippen molar-refractivity contribution in [2.75, 3.05) is 0 Å². The lowest BCUT2D eigenvalue weighted by Gasteiger charge is -2.02. The first-order valence-corrected chi connectivity index (χ1v) is 7.75. The summed E-state index contributed by atoms with van der Waals surface area (Å²) in [6, 6.07) is 9.55. The largest absolute Gasteiger partial charge is 0.476 e. The van der Waals surface area contributed by atoms with Gasteiger partial charge in [0.05, 0.1) is 11.4 Å². The van der Waals surface area contributed by atoms with Crippen molar-refractivity contribution in [3.8, 4) is 5.69 Å². The lowest BCUT2D eigenvalue weighted by Crippen LogP contribution is -1.99. The maximum absolute atomic E-state index is 10.8. The van der Waals surface area contributed by atoms with Crippen LogP contribution >= 0.6 is 23.1 Å². The second kappa shape index (κ2) is 6.02. The number of benzene rings is 1. The molecule has 2 heterocycles. The summed E-state index contributed by atoms with van der Waals surface area (Å²) >= 11 is 2.52. The molecule has 0 saturated heterocycles. The minimum Gasteiger partial charge on any atom is -0.476 e. The summed E-state index contributed by atoms with van der Waals surface area (Å²) in [5, 5.41) is 22.9. The zero-order valence-electron chi connectivity index (χ0n) is 10.6. The Kier molecular flexibility index (Phi) is 3.93. The van der Waals surface area contributed by atoms with Gasteiger partial charge in [-0.15, -0.1) is 16.4 Å². The fourth-order valence-electron chi connectivity index (χ4n) is 1.61.